The van der Waals surface area contributed by atoms with Gasteiger partial charge in [0.25, 0.3) is 0 Å². The van der Waals surface area contributed by atoms with Crippen LogP contribution in [-0.2, 0) is 18.3 Å². The van der Waals surface area contributed by atoms with Gasteiger partial charge in [0.2, 0.25) is 5.78 Å². The summed E-state index contributed by atoms with van der Waals surface area (Å²) in [4.78, 5) is 14.6. The number of alkyl halides is 4. The van der Waals surface area contributed by atoms with Crippen LogP contribution >= 0.6 is 0 Å². The molecular weight excluding hydrogens is 228 g/mol. The highest BCUT2D eigenvalue weighted by atomic mass is 19.3. The third-order valence-electron chi connectivity index (χ3n) is 2.14. The maximum atomic E-state index is 12.5. The molecule has 1 rings (SSSR count). The number of aryl methyl sites for hydroxylation is 2. The van der Waals surface area contributed by atoms with Crippen molar-refractivity contribution in [1.82, 2.24) is 9.55 Å². The fourth-order valence-corrected chi connectivity index (χ4v) is 1.15. The van der Waals surface area contributed by atoms with Gasteiger partial charge < -0.3 is 4.57 Å². The van der Waals surface area contributed by atoms with Crippen molar-refractivity contribution in [2.75, 3.05) is 0 Å². The highest BCUT2D eigenvalue weighted by Gasteiger charge is 2.47. The van der Waals surface area contributed by atoms with Crippen LogP contribution in [0.1, 0.15) is 12.2 Å². The second kappa shape index (κ2) is 4.63. The molecule has 0 saturated carbocycles. The van der Waals surface area contributed by atoms with Crippen LogP contribution in [0.25, 0.3) is 0 Å². The summed E-state index contributed by atoms with van der Waals surface area (Å²) < 4.78 is 50.3. The van der Waals surface area contributed by atoms with Gasteiger partial charge in [-0.15, -0.1) is 0 Å². The van der Waals surface area contributed by atoms with Crippen molar-refractivity contribution >= 4 is 5.78 Å². The molecule has 0 aliphatic carbocycles. The number of aromatic nitrogens is 2. The Bertz CT molecular complexity index is 375. The second-order valence-corrected chi connectivity index (χ2v) is 3.30. The van der Waals surface area contributed by atoms with E-state index in [0.29, 0.717) is 5.82 Å². The molecule has 7 heteroatoms. The summed E-state index contributed by atoms with van der Waals surface area (Å²) in [5.41, 5.74) is 0. The lowest BCUT2D eigenvalue weighted by atomic mass is 10.1. The molecule has 0 amide bonds. The van der Waals surface area contributed by atoms with Crippen LogP contribution in [0.3, 0.4) is 0 Å². The highest BCUT2D eigenvalue weighted by molar-refractivity contribution is 5.86. The zero-order valence-electron chi connectivity index (χ0n) is 8.46. The maximum absolute atomic E-state index is 12.5. The van der Waals surface area contributed by atoms with Crippen LogP contribution < -0.4 is 0 Å². The lowest BCUT2D eigenvalue weighted by molar-refractivity contribution is -0.167. The van der Waals surface area contributed by atoms with Crippen molar-refractivity contribution < 1.29 is 22.4 Å². The predicted octanol–water partition coefficient (Wildman–Crippen LogP) is 1.82. The van der Waals surface area contributed by atoms with Gasteiger partial charge in [-0.25, -0.2) is 13.8 Å². The van der Waals surface area contributed by atoms with Gasteiger partial charge >= 0.3 is 12.3 Å². The van der Waals surface area contributed by atoms with E-state index in [1.54, 1.807) is 13.2 Å². The Hall–Kier alpha value is -1.40. The fraction of sp³-hybridized carbons (Fsp3) is 0.556. The second-order valence-electron chi connectivity index (χ2n) is 3.30. The molecule has 0 N–H and O–H groups in total. The Labute approximate surface area is 89.1 Å². The zero-order valence-corrected chi connectivity index (χ0v) is 8.46. The molecule has 3 nitrogen and oxygen atoms in total. The SMILES string of the molecule is Cn1ccnc1CCC(=O)C(F)(F)C(F)F. The summed E-state index contributed by atoms with van der Waals surface area (Å²) in [6.45, 7) is 0. The van der Waals surface area contributed by atoms with Crippen LogP contribution in [0.4, 0.5) is 17.6 Å². The predicted molar refractivity (Wildman–Crippen MR) is 47.5 cm³/mol. The fourth-order valence-electron chi connectivity index (χ4n) is 1.15. The maximum Gasteiger partial charge on any atom is 0.364 e. The Balaban J connectivity index is 2.57. The number of imidazole rings is 1. The van der Waals surface area contributed by atoms with E-state index in [1.807, 2.05) is 0 Å². The lowest BCUT2D eigenvalue weighted by Crippen LogP contribution is -2.36. The molecule has 90 valence electrons. The molecule has 0 aliphatic rings. The molecule has 0 radical (unpaired) electrons. The first-order valence-electron chi connectivity index (χ1n) is 4.51. The van der Waals surface area contributed by atoms with Crippen LogP contribution in [-0.4, -0.2) is 27.7 Å². The number of hydrogen-bond acceptors (Lipinski definition) is 2. The first-order valence-corrected chi connectivity index (χ1v) is 4.51. The molecule has 1 aromatic heterocycles. The topological polar surface area (TPSA) is 34.9 Å². The molecule has 0 fully saturated rings. The first kappa shape index (κ1) is 12.7. The highest BCUT2D eigenvalue weighted by Crippen LogP contribution is 2.25. The summed E-state index contributed by atoms with van der Waals surface area (Å²) >= 11 is 0. The molecule has 1 aromatic rings. The average Bonchev–Trinajstić information content (AvgIpc) is 2.60. The molecule has 0 unspecified atom stereocenters. The average molecular weight is 238 g/mol. The van der Waals surface area contributed by atoms with Crippen LogP contribution in [0.2, 0.25) is 0 Å². The van der Waals surface area contributed by atoms with E-state index in [1.165, 1.54) is 10.8 Å². The normalized spacial score (nSPS) is 12.1. The van der Waals surface area contributed by atoms with Gasteiger partial charge in [-0.3, -0.25) is 4.79 Å². The van der Waals surface area contributed by atoms with Crippen molar-refractivity contribution in [2.24, 2.45) is 7.05 Å². The molecule has 0 aromatic carbocycles. The van der Waals surface area contributed by atoms with E-state index in [9.17, 15) is 22.4 Å². The number of ketones is 1. The first-order chi connectivity index (χ1) is 7.35. The minimum atomic E-state index is -4.56. The smallest absolute Gasteiger partial charge is 0.338 e. The van der Waals surface area contributed by atoms with Gasteiger partial charge in [0.05, 0.1) is 0 Å². The Morgan fingerprint density at radius 2 is 2.19 bits per heavy atom. The number of carbonyl (C=O) groups is 1. The summed E-state index contributed by atoms with van der Waals surface area (Å²) in [7, 11) is 1.62. The molecule has 16 heavy (non-hydrogen) atoms. The Morgan fingerprint density at radius 3 is 2.62 bits per heavy atom. The lowest BCUT2D eigenvalue weighted by Gasteiger charge is -2.13. The van der Waals surface area contributed by atoms with Gasteiger partial charge in [-0.2, -0.15) is 8.78 Å². The molecule has 0 bridgehead atoms. The number of halogens is 4. The standard InChI is InChI=1S/C9H10F4N2O/c1-15-5-4-14-7(15)3-2-6(16)9(12,13)8(10)11/h4-5,8H,2-3H2,1H3. The van der Waals surface area contributed by atoms with Gasteiger partial charge in [0, 0.05) is 32.3 Å². The van der Waals surface area contributed by atoms with E-state index in [2.05, 4.69) is 4.98 Å². The van der Waals surface area contributed by atoms with Gasteiger partial charge in [0.15, 0.2) is 0 Å². The molecular formula is C9H10F4N2O. The van der Waals surface area contributed by atoms with Crippen molar-refractivity contribution in [2.45, 2.75) is 25.2 Å². The van der Waals surface area contributed by atoms with Crippen molar-refractivity contribution in [3.8, 4) is 0 Å². The number of hydrogen-bond donors (Lipinski definition) is 0. The monoisotopic (exact) mass is 238 g/mol. The van der Waals surface area contributed by atoms with Gasteiger partial charge in [-0.1, -0.05) is 0 Å². The third kappa shape index (κ3) is 2.59. The third-order valence-corrected chi connectivity index (χ3v) is 2.14. The van der Waals surface area contributed by atoms with E-state index < -0.39 is 24.6 Å². The summed E-state index contributed by atoms with van der Waals surface area (Å²) in [6, 6.07) is 0. The van der Waals surface area contributed by atoms with Crippen LogP contribution in [0.15, 0.2) is 12.4 Å². The van der Waals surface area contributed by atoms with Crippen molar-refractivity contribution in [3.63, 3.8) is 0 Å². The van der Waals surface area contributed by atoms with Crippen LogP contribution in [0, 0.1) is 0 Å². The molecule has 0 aliphatic heterocycles. The van der Waals surface area contributed by atoms with E-state index in [-0.39, 0.29) is 6.42 Å². The molecule has 1 heterocycles. The Kier molecular flexibility index (Phi) is 3.66. The summed E-state index contributed by atoms with van der Waals surface area (Å²) in [6.07, 6.45) is -1.68. The van der Waals surface area contributed by atoms with E-state index in [0.717, 1.165) is 0 Å². The minimum absolute atomic E-state index is 0.0787. The van der Waals surface area contributed by atoms with Crippen LogP contribution in [0.5, 0.6) is 0 Å². The van der Waals surface area contributed by atoms with Crippen molar-refractivity contribution in [3.05, 3.63) is 18.2 Å². The number of rotatable bonds is 5. The van der Waals surface area contributed by atoms with Gasteiger partial charge in [-0.05, 0) is 0 Å². The number of carbonyl (C=O) groups excluding carboxylic acids is 1. The zero-order chi connectivity index (χ0) is 12.3. The van der Waals surface area contributed by atoms with Crippen molar-refractivity contribution in [1.29, 1.82) is 0 Å². The largest absolute Gasteiger partial charge is 0.364 e. The quantitative estimate of drug-likeness (QED) is 0.733. The van der Waals surface area contributed by atoms with Gasteiger partial charge in [0.1, 0.15) is 5.82 Å². The number of nitrogens with zero attached hydrogens (tertiary/aromatic N) is 2. The Morgan fingerprint density at radius 1 is 1.56 bits per heavy atom. The molecule has 0 saturated heterocycles. The van der Waals surface area contributed by atoms with E-state index >= 15 is 0 Å². The summed E-state index contributed by atoms with van der Waals surface area (Å²) in [5.74, 6) is -5.92. The molecule has 0 spiro atoms. The van der Waals surface area contributed by atoms with E-state index in [4.69, 9.17) is 0 Å². The number of Topliss-reactive ketones (excluding diaryl/α,β-unsaturated/α-hetero) is 1. The minimum Gasteiger partial charge on any atom is -0.338 e. The summed E-state index contributed by atoms with van der Waals surface area (Å²) in [5, 5.41) is 0. The molecule has 0 atom stereocenters.